The highest BCUT2D eigenvalue weighted by atomic mass is 16.4. The van der Waals surface area contributed by atoms with Crippen molar-refractivity contribution >= 4 is 11.9 Å². The van der Waals surface area contributed by atoms with Crippen LogP contribution in [0.3, 0.4) is 0 Å². The predicted octanol–water partition coefficient (Wildman–Crippen LogP) is -0.903. The molecular formula is C11H19N3O3. The Hall–Kier alpha value is -1.14. The van der Waals surface area contributed by atoms with Gasteiger partial charge in [0.1, 0.15) is 5.54 Å². The molecule has 0 aromatic heterocycles. The van der Waals surface area contributed by atoms with Crippen LogP contribution in [0.5, 0.6) is 0 Å². The number of hydrogen-bond donors (Lipinski definition) is 2. The van der Waals surface area contributed by atoms with Crippen molar-refractivity contribution in [1.29, 1.82) is 0 Å². The average Bonchev–Trinajstić information content (AvgIpc) is 2.88. The van der Waals surface area contributed by atoms with Crippen LogP contribution in [0.2, 0.25) is 0 Å². The minimum absolute atomic E-state index is 0.0946. The highest BCUT2D eigenvalue weighted by Crippen LogP contribution is 2.19. The van der Waals surface area contributed by atoms with E-state index < -0.39 is 11.5 Å². The lowest BCUT2D eigenvalue weighted by atomic mass is 10.0. The van der Waals surface area contributed by atoms with Gasteiger partial charge in [0, 0.05) is 26.2 Å². The van der Waals surface area contributed by atoms with Gasteiger partial charge in [-0.25, -0.2) is 0 Å². The SMILES string of the molecule is NC1(C(=O)O)CCN(CC(=O)N2CCCC2)C1. The molecule has 1 amide bonds. The van der Waals surface area contributed by atoms with Crippen LogP contribution in [-0.2, 0) is 9.59 Å². The Morgan fingerprint density at radius 3 is 2.41 bits per heavy atom. The van der Waals surface area contributed by atoms with Crippen LogP contribution in [0.25, 0.3) is 0 Å². The van der Waals surface area contributed by atoms with E-state index in [0.717, 1.165) is 25.9 Å². The maximum Gasteiger partial charge on any atom is 0.325 e. The van der Waals surface area contributed by atoms with Crippen LogP contribution >= 0.6 is 0 Å². The molecule has 2 saturated heterocycles. The maximum atomic E-state index is 11.9. The minimum Gasteiger partial charge on any atom is -0.480 e. The molecule has 2 heterocycles. The molecule has 96 valence electrons. The summed E-state index contributed by atoms with van der Waals surface area (Å²) in [5, 5.41) is 8.99. The summed E-state index contributed by atoms with van der Waals surface area (Å²) in [5.41, 5.74) is 4.58. The van der Waals surface area contributed by atoms with Gasteiger partial charge in [0.15, 0.2) is 0 Å². The molecule has 2 rings (SSSR count). The van der Waals surface area contributed by atoms with Gasteiger partial charge in [-0.1, -0.05) is 0 Å². The first-order valence-electron chi connectivity index (χ1n) is 6.04. The smallest absolute Gasteiger partial charge is 0.325 e. The molecule has 2 aliphatic rings. The summed E-state index contributed by atoms with van der Waals surface area (Å²) < 4.78 is 0. The Morgan fingerprint density at radius 2 is 1.88 bits per heavy atom. The van der Waals surface area contributed by atoms with Crippen LogP contribution < -0.4 is 5.73 Å². The molecule has 2 aliphatic heterocycles. The zero-order chi connectivity index (χ0) is 12.5. The van der Waals surface area contributed by atoms with E-state index in [-0.39, 0.29) is 12.5 Å². The molecule has 0 spiro atoms. The largest absolute Gasteiger partial charge is 0.480 e. The Balaban J connectivity index is 1.85. The number of carbonyl (C=O) groups excluding carboxylic acids is 1. The number of carboxylic acids is 1. The Kier molecular flexibility index (Phi) is 3.35. The number of likely N-dealkylation sites (tertiary alicyclic amines) is 2. The standard InChI is InChI=1S/C11H19N3O3/c12-11(10(16)17)3-6-13(8-11)7-9(15)14-4-1-2-5-14/h1-8,12H2,(H,16,17). The van der Waals surface area contributed by atoms with Gasteiger partial charge in [0.2, 0.25) is 5.91 Å². The summed E-state index contributed by atoms with van der Waals surface area (Å²) in [5.74, 6) is -0.884. The van der Waals surface area contributed by atoms with Crippen molar-refractivity contribution in [2.24, 2.45) is 5.73 Å². The van der Waals surface area contributed by atoms with Gasteiger partial charge in [-0.3, -0.25) is 14.5 Å². The Morgan fingerprint density at radius 1 is 1.24 bits per heavy atom. The van der Waals surface area contributed by atoms with Crippen molar-refractivity contribution in [2.45, 2.75) is 24.8 Å². The van der Waals surface area contributed by atoms with Crippen LogP contribution in [-0.4, -0.2) is 65.0 Å². The van der Waals surface area contributed by atoms with E-state index in [2.05, 4.69) is 0 Å². The van der Waals surface area contributed by atoms with Gasteiger partial charge < -0.3 is 15.7 Å². The zero-order valence-corrected chi connectivity index (χ0v) is 9.89. The number of hydrogen-bond acceptors (Lipinski definition) is 4. The molecule has 3 N–H and O–H groups in total. The fraction of sp³-hybridized carbons (Fsp3) is 0.818. The number of rotatable bonds is 3. The first kappa shape index (κ1) is 12.3. The number of amides is 1. The maximum absolute atomic E-state index is 11.9. The third-order valence-electron chi connectivity index (χ3n) is 3.62. The highest BCUT2D eigenvalue weighted by molar-refractivity contribution is 5.81. The number of aliphatic carboxylic acids is 1. The molecule has 0 aliphatic carbocycles. The van der Waals surface area contributed by atoms with Crippen molar-refractivity contribution in [2.75, 3.05) is 32.7 Å². The average molecular weight is 241 g/mol. The van der Waals surface area contributed by atoms with E-state index in [4.69, 9.17) is 10.8 Å². The van der Waals surface area contributed by atoms with Crippen molar-refractivity contribution in [3.05, 3.63) is 0 Å². The molecule has 1 atom stereocenters. The zero-order valence-electron chi connectivity index (χ0n) is 9.89. The molecule has 6 heteroatoms. The summed E-state index contributed by atoms with van der Waals surface area (Å²) >= 11 is 0. The normalized spacial score (nSPS) is 29.8. The van der Waals surface area contributed by atoms with Crippen molar-refractivity contribution in [3.8, 4) is 0 Å². The quantitative estimate of drug-likeness (QED) is 0.668. The van der Waals surface area contributed by atoms with Crippen molar-refractivity contribution < 1.29 is 14.7 Å². The number of carboxylic acid groups (broad SMARTS) is 1. The first-order valence-corrected chi connectivity index (χ1v) is 6.04. The van der Waals surface area contributed by atoms with Crippen LogP contribution in [0.15, 0.2) is 0 Å². The highest BCUT2D eigenvalue weighted by Gasteiger charge is 2.41. The molecule has 0 saturated carbocycles. The molecule has 0 aromatic carbocycles. The van der Waals surface area contributed by atoms with Gasteiger partial charge in [-0.2, -0.15) is 0 Å². The molecular weight excluding hydrogens is 222 g/mol. The van der Waals surface area contributed by atoms with Crippen molar-refractivity contribution in [1.82, 2.24) is 9.80 Å². The summed E-state index contributed by atoms with van der Waals surface area (Å²) in [6.07, 6.45) is 2.55. The summed E-state index contributed by atoms with van der Waals surface area (Å²) in [4.78, 5) is 26.5. The van der Waals surface area contributed by atoms with Crippen LogP contribution in [0, 0.1) is 0 Å². The minimum atomic E-state index is -1.18. The molecule has 0 bridgehead atoms. The predicted molar refractivity (Wildman–Crippen MR) is 61.4 cm³/mol. The molecule has 2 fully saturated rings. The monoisotopic (exact) mass is 241 g/mol. The molecule has 17 heavy (non-hydrogen) atoms. The van der Waals surface area contributed by atoms with Gasteiger partial charge in [0.25, 0.3) is 0 Å². The number of nitrogens with zero attached hydrogens (tertiary/aromatic N) is 2. The third-order valence-corrected chi connectivity index (χ3v) is 3.62. The second-order valence-electron chi connectivity index (χ2n) is 5.01. The van der Waals surface area contributed by atoms with E-state index >= 15 is 0 Å². The fourth-order valence-electron chi connectivity index (χ4n) is 2.48. The van der Waals surface area contributed by atoms with E-state index in [1.807, 2.05) is 9.80 Å². The molecule has 6 nitrogen and oxygen atoms in total. The lowest BCUT2D eigenvalue weighted by Crippen LogP contribution is -2.50. The van der Waals surface area contributed by atoms with E-state index in [1.165, 1.54) is 0 Å². The molecule has 0 aromatic rings. The molecule has 1 unspecified atom stereocenters. The summed E-state index contributed by atoms with van der Waals surface area (Å²) in [7, 11) is 0. The number of carbonyl (C=O) groups is 2. The second kappa shape index (κ2) is 4.62. The van der Waals surface area contributed by atoms with Gasteiger partial charge in [0.05, 0.1) is 6.54 Å². The van der Waals surface area contributed by atoms with E-state index in [9.17, 15) is 9.59 Å². The second-order valence-corrected chi connectivity index (χ2v) is 5.01. The molecule has 0 radical (unpaired) electrons. The topological polar surface area (TPSA) is 86.9 Å². The van der Waals surface area contributed by atoms with Gasteiger partial charge in [-0.05, 0) is 19.3 Å². The van der Waals surface area contributed by atoms with Gasteiger partial charge in [-0.15, -0.1) is 0 Å². The van der Waals surface area contributed by atoms with Crippen LogP contribution in [0.1, 0.15) is 19.3 Å². The Bertz CT molecular complexity index is 328. The summed E-state index contributed by atoms with van der Waals surface area (Å²) in [6, 6.07) is 0. The third kappa shape index (κ3) is 2.58. The summed E-state index contributed by atoms with van der Waals surface area (Å²) in [6.45, 7) is 2.81. The van der Waals surface area contributed by atoms with Crippen molar-refractivity contribution in [3.63, 3.8) is 0 Å². The van der Waals surface area contributed by atoms with Gasteiger partial charge >= 0.3 is 5.97 Å². The number of nitrogens with two attached hydrogens (primary N) is 1. The van der Waals surface area contributed by atoms with E-state index in [0.29, 0.717) is 19.5 Å². The lowest BCUT2D eigenvalue weighted by Gasteiger charge is -2.22. The first-order chi connectivity index (χ1) is 8.01. The van der Waals surface area contributed by atoms with E-state index in [1.54, 1.807) is 0 Å². The van der Waals surface area contributed by atoms with Crippen LogP contribution in [0.4, 0.5) is 0 Å². The fourth-order valence-corrected chi connectivity index (χ4v) is 2.48. The lowest BCUT2D eigenvalue weighted by molar-refractivity contribution is -0.143. The Labute approximate surface area is 100 Å².